The fourth-order valence-corrected chi connectivity index (χ4v) is 6.36. The van der Waals surface area contributed by atoms with Crippen LogP contribution in [-0.2, 0) is 27.9 Å². The van der Waals surface area contributed by atoms with Crippen LogP contribution >= 0.6 is 7.82 Å². The van der Waals surface area contributed by atoms with E-state index in [1.165, 1.54) is 122 Å². The Balaban J connectivity index is 4.11. The van der Waals surface area contributed by atoms with Crippen LogP contribution in [0, 0.1) is 0 Å². The molecule has 0 heterocycles. The molecule has 0 aliphatic rings. The Morgan fingerprint density at radius 2 is 1.04 bits per heavy atom. The number of carbonyl (C=O) groups is 1. The Bertz CT molecular complexity index is 936. The number of hydrogen-bond donors (Lipinski definition) is 2. The summed E-state index contributed by atoms with van der Waals surface area (Å²) in [7, 11) is -4.27. The van der Waals surface area contributed by atoms with Gasteiger partial charge in [0.25, 0.3) is 0 Å². The molecule has 8 nitrogen and oxygen atoms in total. The van der Waals surface area contributed by atoms with E-state index in [4.69, 9.17) is 24.3 Å². The van der Waals surface area contributed by atoms with Gasteiger partial charge in [0.05, 0.1) is 19.5 Å². The molecule has 0 aromatic heterocycles. The first-order valence-corrected chi connectivity index (χ1v) is 22.7. The Morgan fingerprint density at radius 3 is 1.58 bits per heavy atom. The minimum atomic E-state index is -4.27. The Labute approximate surface area is 320 Å². The van der Waals surface area contributed by atoms with Crippen LogP contribution in [-0.4, -0.2) is 43.3 Å². The normalized spacial score (nSPS) is 13.9. The van der Waals surface area contributed by atoms with E-state index in [2.05, 4.69) is 50.3 Å². The van der Waals surface area contributed by atoms with Crippen molar-refractivity contribution in [2.75, 3.05) is 26.4 Å². The SMILES string of the molecule is CCCCCC=CCC=CCCCCCCCCCC(=O)OCC(COP(=O)(O)OCCN)OC=CCCCCCCCCC=CCCCCCC. The van der Waals surface area contributed by atoms with Crippen LogP contribution in [0.15, 0.2) is 48.8 Å². The van der Waals surface area contributed by atoms with Gasteiger partial charge in [-0.1, -0.05) is 140 Å². The van der Waals surface area contributed by atoms with Gasteiger partial charge in [-0.05, 0) is 83.1 Å². The number of hydrogen-bond acceptors (Lipinski definition) is 7. The van der Waals surface area contributed by atoms with Gasteiger partial charge in [0.2, 0.25) is 0 Å². The van der Waals surface area contributed by atoms with E-state index in [9.17, 15) is 14.3 Å². The Kier molecular flexibility index (Phi) is 39.2. The van der Waals surface area contributed by atoms with Crippen molar-refractivity contribution in [1.29, 1.82) is 0 Å². The molecule has 0 aliphatic carbocycles. The van der Waals surface area contributed by atoms with Crippen LogP contribution in [0.25, 0.3) is 0 Å². The molecule has 0 aromatic rings. The minimum absolute atomic E-state index is 0.0716. The zero-order valence-electron chi connectivity index (χ0n) is 33.5. The quantitative estimate of drug-likeness (QED) is 0.0209. The highest BCUT2D eigenvalue weighted by Gasteiger charge is 2.24. The number of nitrogens with two attached hydrogens (primary N) is 1. The average molecular weight is 754 g/mol. The van der Waals surface area contributed by atoms with Crippen LogP contribution in [0.1, 0.15) is 187 Å². The number of rotatable bonds is 40. The summed E-state index contributed by atoms with van der Waals surface area (Å²) in [4.78, 5) is 22.3. The highest BCUT2D eigenvalue weighted by molar-refractivity contribution is 7.47. The summed E-state index contributed by atoms with van der Waals surface area (Å²) in [5.74, 6) is -0.301. The maximum atomic E-state index is 12.4. The maximum absolute atomic E-state index is 12.4. The predicted octanol–water partition coefficient (Wildman–Crippen LogP) is 12.8. The molecule has 0 amide bonds. The minimum Gasteiger partial charge on any atom is -0.492 e. The lowest BCUT2D eigenvalue weighted by molar-refractivity contribution is -0.147. The summed E-state index contributed by atoms with van der Waals surface area (Å²) < 4.78 is 33.2. The molecule has 0 bridgehead atoms. The molecule has 0 rings (SSSR count). The predicted molar refractivity (Wildman–Crippen MR) is 219 cm³/mol. The summed E-state index contributed by atoms with van der Waals surface area (Å²) in [5, 5.41) is 0. The highest BCUT2D eigenvalue weighted by atomic mass is 31.2. The molecule has 0 aliphatic heterocycles. The van der Waals surface area contributed by atoms with Crippen molar-refractivity contribution in [2.45, 2.75) is 193 Å². The number of esters is 1. The van der Waals surface area contributed by atoms with E-state index in [0.29, 0.717) is 6.42 Å². The second-order valence-electron chi connectivity index (χ2n) is 13.9. The fraction of sp³-hybridized carbons (Fsp3) is 0.791. The first-order chi connectivity index (χ1) is 25.4. The molecule has 2 atom stereocenters. The van der Waals surface area contributed by atoms with Crippen molar-refractivity contribution in [1.82, 2.24) is 0 Å². The van der Waals surface area contributed by atoms with Crippen molar-refractivity contribution < 1.29 is 32.8 Å². The lowest BCUT2D eigenvalue weighted by Crippen LogP contribution is -2.25. The summed E-state index contributed by atoms with van der Waals surface area (Å²) >= 11 is 0. The fourth-order valence-electron chi connectivity index (χ4n) is 5.59. The molecule has 9 heteroatoms. The van der Waals surface area contributed by atoms with E-state index in [1.54, 1.807) is 6.26 Å². The van der Waals surface area contributed by atoms with Crippen LogP contribution in [0.2, 0.25) is 0 Å². The Morgan fingerprint density at radius 1 is 0.596 bits per heavy atom. The van der Waals surface area contributed by atoms with Gasteiger partial charge in [-0.25, -0.2) is 4.57 Å². The molecule has 0 aromatic carbocycles. The van der Waals surface area contributed by atoms with E-state index in [-0.39, 0.29) is 32.3 Å². The van der Waals surface area contributed by atoms with E-state index < -0.39 is 13.9 Å². The monoisotopic (exact) mass is 754 g/mol. The van der Waals surface area contributed by atoms with Crippen LogP contribution in [0.4, 0.5) is 0 Å². The van der Waals surface area contributed by atoms with Crippen LogP contribution in [0.5, 0.6) is 0 Å². The third-order valence-electron chi connectivity index (χ3n) is 8.81. The molecule has 0 spiro atoms. The van der Waals surface area contributed by atoms with E-state index >= 15 is 0 Å². The summed E-state index contributed by atoms with van der Waals surface area (Å²) in [6, 6.07) is 0. The molecule has 2 unspecified atom stereocenters. The van der Waals surface area contributed by atoms with Gasteiger partial charge in [0.15, 0.2) is 6.10 Å². The van der Waals surface area contributed by atoms with Crippen molar-refractivity contribution >= 4 is 13.8 Å². The number of ether oxygens (including phenoxy) is 2. The van der Waals surface area contributed by atoms with Crippen LogP contribution < -0.4 is 5.73 Å². The lowest BCUT2D eigenvalue weighted by atomic mass is 10.1. The summed E-state index contributed by atoms with van der Waals surface area (Å²) in [5.41, 5.74) is 5.36. The second kappa shape index (κ2) is 40.5. The van der Waals surface area contributed by atoms with Crippen LogP contribution in [0.3, 0.4) is 0 Å². The summed E-state index contributed by atoms with van der Waals surface area (Å²) in [6.45, 7) is 4.16. The zero-order chi connectivity index (χ0) is 38.1. The molecular weight excluding hydrogens is 673 g/mol. The lowest BCUT2D eigenvalue weighted by Gasteiger charge is -2.19. The van der Waals surface area contributed by atoms with E-state index in [1.807, 2.05) is 6.08 Å². The molecule has 0 radical (unpaired) electrons. The van der Waals surface area contributed by atoms with Gasteiger partial charge < -0.3 is 20.1 Å². The molecule has 52 heavy (non-hydrogen) atoms. The molecule has 3 N–H and O–H groups in total. The number of carbonyl (C=O) groups excluding carboxylic acids is 1. The number of phosphoric ester groups is 1. The largest absolute Gasteiger partial charge is 0.492 e. The smallest absolute Gasteiger partial charge is 0.472 e. The molecule has 0 saturated heterocycles. The van der Waals surface area contributed by atoms with Gasteiger partial charge in [-0.3, -0.25) is 13.8 Å². The first kappa shape index (κ1) is 50.3. The third-order valence-corrected chi connectivity index (χ3v) is 9.79. The van der Waals surface area contributed by atoms with Gasteiger partial charge in [-0.15, -0.1) is 0 Å². The molecule has 0 fully saturated rings. The number of phosphoric acid groups is 1. The van der Waals surface area contributed by atoms with Gasteiger partial charge in [0.1, 0.15) is 6.61 Å². The topological polar surface area (TPSA) is 117 Å². The third kappa shape index (κ3) is 39.5. The van der Waals surface area contributed by atoms with Crippen molar-refractivity contribution in [2.24, 2.45) is 5.73 Å². The van der Waals surface area contributed by atoms with Crippen molar-refractivity contribution in [3.8, 4) is 0 Å². The number of allylic oxidation sites excluding steroid dienone is 7. The number of unbranched alkanes of at least 4 members (excludes halogenated alkanes) is 21. The average Bonchev–Trinajstić information content (AvgIpc) is 3.14. The zero-order valence-corrected chi connectivity index (χ0v) is 34.4. The summed E-state index contributed by atoms with van der Waals surface area (Å²) in [6.07, 6.45) is 47.9. The molecular formula is C43H80NO7P. The van der Waals surface area contributed by atoms with E-state index in [0.717, 1.165) is 44.9 Å². The van der Waals surface area contributed by atoms with Gasteiger partial charge in [-0.2, -0.15) is 0 Å². The van der Waals surface area contributed by atoms with Gasteiger partial charge >= 0.3 is 13.8 Å². The highest BCUT2D eigenvalue weighted by Crippen LogP contribution is 2.43. The molecule has 0 saturated carbocycles. The van der Waals surface area contributed by atoms with Crippen molar-refractivity contribution in [3.63, 3.8) is 0 Å². The second-order valence-corrected chi connectivity index (χ2v) is 15.4. The van der Waals surface area contributed by atoms with Gasteiger partial charge in [0, 0.05) is 13.0 Å². The van der Waals surface area contributed by atoms with Crippen molar-refractivity contribution in [3.05, 3.63) is 48.8 Å². The maximum Gasteiger partial charge on any atom is 0.472 e. The standard InChI is InChI=1S/C43H80NO7P/c1-3-5-7-9-11-13-15-17-19-21-22-24-26-28-30-32-34-36-43(45)49-40-42(41-51-52(46,47)50-39-37-44)48-38-35-33-31-29-27-25-23-20-18-16-14-12-10-8-6-4-2/h11,13-14,16-17,19,35,38,42H,3-10,12,15,18,20-34,36-37,39-41,44H2,1-2H3,(H,46,47). The molecule has 304 valence electrons. The Hall–Kier alpha value is -1.70. The first-order valence-electron chi connectivity index (χ1n) is 21.2.